The molecule has 0 saturated heterocycles. The summed E-state index contributed by atoms with van der Waals surface area (Å²) >= 11 is 46.8. The second kappa shape index (κ2) is 35.1. The quantitative estimate of drug-likeness (QED) is 0.0748. The average Bonchev–Trinajstić information content (AvgIpc) is 1.48. The standard InChI is InChI=1S/C81H66S24/c1-40-55(37-91-79-76(88-10)100-67(103-79)61-49-31-19-13-25-43(49)58(44-26-14-20-32-50(44)61)64-94-70(82-4)71(83-5)95-64)41(2)57(39-93-81-78(90-12)102-69(105-81)63-53-35-23-17-29-47(53)60(48-30-18-24-36-54(48)63)66-98-74(86-8)75(87-9)99-66)42(3)56(40)38-92-80-77(89-11)101-68(104-80)62-51-33-21-15-27-45(51)59(46-28-16-22-34-52(46)62)65-96-72(84-6)73(85-7)97-65/h13-36H,37-39H2,1-12H3. The van der Waals surface area contributed by atoms with E-state index in [1.54, 1.807) is 0 Å². The molecule has 0 nitrogen and oxygen atoms in total. The maximum absolute atomic E-state index is 2.46. The summed E-state index contributed by atoms with van der Waals surface area (Å²) in [5.74, 6) is 2.68. The van der Waals surface area contributed by atoms with Gasteiger partial charge in [0.2, 0.25) is 0 Å². The minimum absolute atomic E-state index is 0.894. The Morgan fingerprint density at radius 1 is 0.190 bits per heavy atom. The Hall–Kier alpha value is -0.180. The summed E-state index contributed by atoms with van der Waals surface area (Å²) in [5, 5.41) is 24.2. The number of fused-ring (bicyclic) bond motifs is 6. The van der Waals surface area contributed by atoms with Gasteiger partial charge >= 0.3 is 0 Å². The SMILES string of the molecule is CSC1=C(SC)SC(=c2c3ccccc3c(=C3SC(SC)=C(SCc4c(C)c(CSC5=C(SC)SC(=c6c7ccccc7c(=C7SC(SC)=C(SC)S7)c7ccccc67)S5)c(C)c(CSC5=C(SC)SC(=c6c7ccccc7c(=C7SC(SC)=C(SC)S7)c7ccccc67)S5)c4C)S3)c3ccccc23)S1. The molecule has 105 heavy (non-hydrogen) atoms. The third kappa shape index (κ3) is 15.1. The van der Waals surface area contributed by atoms with E-state index in [1.807, 2.05) is 247 Å². The Morgan fingerprint density at radius 2 is 0.314 bits per heavy atom. The maximum atomic E-state index is 2.46. The Labute approximate surface area is 717 Å². The van der Waals surface area contributed by atoms with Gasteiger partial charge in [-0.1, -0.05) is 287 Å². The molecule has 6 heterocycles. The molecule has 10 aromatic rings. The Bertz CT molecular complexity index is 5160. The Morgan fingerprint density at radius 3 is 0.448 bits per heavy atom. The predicted molar refractivity (Wildman–Crippen MR) is 532 cm³/mol. The van der Waals surface area contributed by atoms with Crippen molar-refractivity contribution in [2.24, 2.45) is 0 Å². The van der Waals surface area contributed by atoms with Gasteiger partial charge in [-0.05, 0) is 175 Å². The zero-order chi connectivity index (χ0) is 72.3. The van der Waals surface area contributed by atoms with Crippen LogP contribution in [0.2, 0.25) is 0 Å². The molecular weight excluding hydrogens is 1740 g/mol. The van der Waals surface area contributed by atoms with E-state index in [4.69, 9.17) is 0 Å². The molecule has 0 unspecified atom stereocenters. The van der Waals surface area contributed by atoms with Crippen LogP contribution in [0.25, 0.3) is 90.1 Å². The molecule has 16 rings (SSSR count). The van der Waals surface area contributed by atoms with Crippen LogP contribution in [0.5, 0.6) is 0 Å². The first-order valence-electron chi connectivity index (χ1n) is 32.9. The number of thioether (sulfide) groups is 24. The highest BCUT2D eigenvalue weighted by molar-refractivity contribution is 8.49. The van der Waals surface area contributed by atoms with E-state index in [-0.39, 0.29) is 0 Å². The molecule has 534 valence electrons. The molecule has 0 aromatic heterocycles. The topological polar surface area (TPSA) is 0 Å². The van der Waals surface area contributed by atoms with E-state index in [0.717, 1.165) is 17.3 Å². The number of rotatable bonds is 18. The minimum atomic E-state index is 0.894. The highest BCUT2D eigenvalue weighted by Crippen LogP contribution is 2.64. The molecule has 0 N–H and O–H groups in total. The number of benzene rings is 10. The van der Waals surface area contributed by atoms with E-state index in [0.29, 0.717) is 0 Å². The van der Waals surface area contributed by atoms with Crippen LogP contribution in [0, 0.1) is 20.8 Å². The summed E-state index contributed by atoms with van der Waals surface area (Å²) in [6.07, 6.45) is 20.2. The summed E-state index contributed by atoms with van der Waals surface area (Å²) in [5.41, 5.74) is 8.76. The second-order valence-electron chi connectivity index (χ2n) is 23.9. The lowest BCUT2D eigenvalue weighted by molar-refractivity contribution is 1.10. The molecule has 0 spiro atoms. The first kappa shape index (κ1) is 78.7. The van der Waals surface area contributed by atoms with E-state index in [1.165, 1.54) is 206 Å². The second-order valence-corrected chi connectivity index (χ2v) is 51.1. The van der Waals surface area contributed by atoms with Crippen LogP contribution in [-0.2, 0) is 17.3 Å². The molecule has 0 saturated carbocycles. The molecule has 6 aliphatic rings. The molecular formula is C81H66S24. The zero-order valence-electron chi connectivity index (χ0n) is 58.8. The van der Waals surface area contributed by atoms with Gasteiger partial charge in [-0.25, -0.2) is 0 Å². The summed E-state index contributed by atoms with van der Waals surface area (Å²) in [7, 11) is 0. The van der Waals surface area contributed by atoms with Gasteiger partial charge < -0.3 is 0 Å². The highest BCUT2D eigenvalue weighted by Gasteiger charge is 2.32. The Balaban J connectivity index is 0.775. The number of hydrogen-bond acceptors (Lipinski definition) is 24. The van der Waals surface area contributed by atoms with Gasteiger partial charge in [-0.2, -0.15) is 0 Å². The van der Waals surface area contributed by atoms with E-state index < -0.39 is 0 Å². The van der Waals surface area contributed by atoms with Crippen molar-refractivity contribution in [3.8, 4) is 0 Å². The summed E-state index contributed by atoms with van der Waals surface area (Å²) in [6, 6.07) is 55.4. The first-order chi connectivity index (χ1) is 51.4. The van der Waals surface area contributed by atoms with Gasteiger partial charge in [-0.3, -0.25) is 0 Å². The molecule has 0 atom stereocenters. The molecule has 10 aromatic carbocycles. The summed E-state index contributed by atoms with van der Waals surface area (Å²) < 4.78 is 25.1. The largest absolute Gasteiger partial charge is 0.121 e. The molecule has 0 radical (unpaired) electrons. The highest BCUT2D eigenvalue weighted by atomic mass is 32.3. The average molecular weight is 1810 g/mol. The smallest absolute Gasteiger partial charge is 0.0663 e. The summed E-state index contributed by atoms with van der Waals surface area (Å²) in [6.45, 7) is 7.37. The van der Waals surface area contributed by atoms with Crippen LogP contribution in [0.1, 0.15) is 33.4 Å². The van der Waals surface area contributed by atoms with Crippen molar-refractivity contribution >= 4 is 372 Å². The maximum Gasteiger partial charge on any atom is 0.0663 e. The van der Waals surface area contributed by atoms with Gasteiger partial charge in [0.05, 0.1) is 76.3 Å². The van der Waals surface area contributed by atoms with E-state index in [2.05, 4.69) is 258 Å². The van der Waals surface area contributed by atoms with Gasteiger partial charge in [0.1, 0.15) is 0 Å². The molecule has 0 bridgehead atoms. The van der Waals surface area contributed by atoms with Gasteiger partial charge in [-0.15, -0.1) is 141 Å². The predicted octanol–water partition coefficient (Wildman–Crippen LogP) is 28.6. The van der Waals surface area contributed by atoms with Crippen LogP contribution in [0.3, 0.4) is 0 Å². The lowest BCUT2D eigenvalue weighted by atomic mass is 9.90. The van der Waals surface area contributed by atoms with Gasteiger partial charge in [0.15, 0.2) is 0 Å². The van der Waals surface area contributed by atoms with E-state index >= 15 is 0 Å². The van der Waals surface area contributed by atoms with Gasteiger partial charge in [0, 0.05) is 48.6 Å². The zero-order valence-corrected chi connectivity index (χ0v) is 78.4. The van der Waals surface area contributed by atoms with Crippen molar-refractivity contribution in [2.45, 2.75) is 38.0 Å². The van der Waals surface area contributed by atoms with E-state index in [9.17, 15) is 0 Å². The Kier molecular flexibility index (Phi) is 26.3. The lowest BCUT2D eigenvalue weighted by Crippen LogP contribution is -2.16. The lowest BCUT2D eigenvalue weighted by Gasteiger charge is -2.23. The van der Waals surface area contributed by atoms with Crippen LogP contribution in [0.15, 0.2) is 196 Å². The molecule has 0 amide bonds. The fourth-order valence-corrected chi connectivity index (χ4v) is 46.4. The van der Waals surface area contributed by atoms with Crippen molar-refractivity contribution in [1.29, 1.82) is 0 Å². The van der Waals surface area contributed by atoms with Crippen molar-refractivity contribution in [3.63, 3.8) is 0 Å². The minimum Gasteiger partial charge on any atom is -0.121 e. The van der Waals surface area contributed by atoms with Crippen LogP contribution < -0.4 is 31.3 Å². The van der Waals surface area contributed by atoms with Crippen molar-refractivity contribution in [1.82, 2.24) is 0 Å². The van der Waals surface area contributed by atoms with Gasteiger partial charge in [0.25, 0.3) is 0 Å². The fraction of sp³-hybridized carbons (Fsp3) is 0.185. The fourth-order valence-electron chi connectivity index (χ4n) is 13.8. The molecule has 24 heteroatoms. The third-order valence-corrected chi connectivity index (χ3v) is 50.6. The summed E-state index contributed by atoms with van der Waals surface area (Å²) in [4.78, 5) is 0. The van der Waals surface area contributed by atoms with Crippen LogP contribution in [-0.4, -0.2) is 56.3 Å². The van der Waals surface area contributed by atoms with Crippen molar-refractivity contribution < 1.29 is 0 Å². The van der Waals surface area contributed by atoms with Crippen molar-refractivity contribution in [2.75, 3.05) is 56.3 Å². The van der Waals surface area contributed by atoms with Crippen molar-refractivity contribution in [3.05, 3.63) is 261 Å². The first-order valence-corrected chi connectivity index (χ1v) is 56.7. The monoisotopic (exact) mass is 1810 g/mol. The third-order valence-electron chi connectivity index (χ3n) is 18.7. The number of hydrogen-bond donors (Lipinski definition) is 0. The molecule has 0 fully saturated rings. The van der Waals surface area contributed by atoms with Crippen LogP contribution in [0.4, 0.5) is 0 Å². The normalized spacial score (nSPS) is 16.9. The van der Waals surface area contributed by atoms with Crippen LogP contribution >= 0.6 is 282 Å². The molecule has 0 aliphatic carbocycles. The molecule has 6 aliphatic heterocycles.